The number of halogens is 3. The molecular weight excluding hydrogens is 438 g/mol. The molecule has 1 fully saturated rings. The molecule has 2 aromatic heterocycles. The van der Waals surface area contributed by atoms with E-state index < -0.39 is 5.91 Å². The molecule has 118 valence electrons. The van der Waals surface area contributed by atoms with E-state index in [0.29, 0.717) is 21.1 Å². The fraction of sp³-hybridized carbons (Fsp3) is 0.429. The first kappa shape index (κ1) is 16.3. The monoisotopic (exact) mass is 452 g/mol. The average molecular weight is 453 g/mol. The van der Waals surface area contributed by atoms with E-state index in [1.165, 1.54) is 6.07 Å². The van der Waals surface area contributed by atoms with Crippen molar-refractivity contribution in [3.8, 4) is 0 Å². The summed E-state index contributed by atoms with van der Waals surface area (Å²) in [6.07, 6.45) is 3.10. The van der Waals surface area contributed by atoms with Gasteiger partial charge in [-0.3, -0.25) is 4.79 Å². The van der Waals surface area contributed by atoms with Crippen LogP contribution in [0.2, 0.25) is 10.0 Å². The molecule has 1 saturated heterocycles. The van der Waals surface area contributed by atoms with Gasteiger partial charge in [-0.05, 0) is 61.0 Å². The van der Waals surface area contributed by atoms with Gasteiger partial charge in [0.2, 0.25) is 0 Å². The van der Waals surface area contributed by atoms with Crippen molar-refractivity contribution < 1.29 is 4.79 Å². The highest BCUT2D eigenvalue weighted by molar-refractivity contribution is 14.1. The lowest BCUT2D eigenvalue weighted by molar-refractivity contribution is 0.0996. The first-order chi connectivity index (χ1) is 10.5. The number of hydrogen-bond acceptors (Lipinski definition) is 3. The van der Waals surface area contributed by atoms with Crippen molar-refractivity contribution in [3.05, 3.63) is 25.5 Å². The lowest BCUT2D eigenvalue weighted by atomic mass is 10.1. The van der Waals surface area contributed by atoms with Crippen molar-refractivity contribution in [2.75, 3.05) is 13.1 Å². The molecule has 3 rings (SSSR count). The molecule has 1 amide bonds. The van der Waals surface area contributed by atoms with Crippen LogP contribution in [0.5, 0.6) is 0 Å². The van der Waals surface area contributed by atoms with Crippen LogP contribution in [0.1, 0.15) is 35.8 Å². The second-order valence-electron chi connectivity index (χ2n) is 5.36. The van der Waals surface area contributed by atoms with Gasteiger partial charge in [-0.1, -0.05) is 23.2 Å². The van der Waals surface area contributed by atoms with E-state index >= 15 is 0 Å². The highest BCUT2D eigenvalue weighted by atomic mass is 127. The molecule has 0 saturated carbocycles. The molecule has 1 unspecified atom stereocenters. The van der Waals surface area contributed by atoms with Crippen LogP contribution in [0.15, 0.2) is 6.07 Å². The Bertz CT molecular complexity index is 738. The highest BCUT2D eigenvalue weighted by Gasteiger charge is 2.25. The summed E-state index contributed by atoms with van der Waals surface area (Å²) in [5, 5.41) is 5.08. The number of carbonyl (C=O) groups is 1. The van der Waals surface area contributed by atoms with Crippen molar-refractivity contribution in [2.24, 2.45) is 5.73 Å². The quantitative estimate of drug-likeness (QED) is 0.686. The minimum Gasteiger partial charge on any atom is -0.364 e. The van der Waals surface area contributed by atoms with Crippen LogP contribution in [0, 0.1) is 3.70 Å². The van der Waals surface area contributed by atoms with E-state index in [1.807, 2.05) is 0 Å². The SMILES string of the molecule is NC(=O)c1cc(Cl)c2c(Cl)c(I)n(C3CCCNCC3)c2n1. The summed E-state index contributed by atoms with van der Waals surface area (Å²) in [6.45, 7) is 1.96. The number of amides is 1. The zero-order valence-corrected chi connectivity index (χ0v) is 15.4. The summed E-state index contributed by atoms with van der Waals surface area (Å²) in [5.74, 6) is -0.592. The molecule has 0 radical (unpaired) electrons. The maximum atomic E-state index is 11.5. The van der Waals surface area contributed by atoms with Gasteiger partial charge in [-0.25, -0.2) is 4.98 Å². The third-order valence-electron chi connectivity index (χ3n) is 3.96. The minimum atomic E-state index is -0.592. The number of carbonyl (C=O) groups excluding carboxylic acids is 1. The summed E-state index contributed by atoms with van der Waals surface area (Å²) in [5.41, 5.74) is 6.16. The Morgan fingerprint density at radius 1 is 1.41 bits per heavy atom. The fourth-order valence-corrected chi connectivity index (χ4v) is 4.40. The number of aromatic nitrogens is 2. The maximum absolute atomic E-state index is 11.5. The number of rotatable bonds is 2. The molecule has 0 aliphatic carbocycles. The molecule has 1 aliphatic rings. The normalized spacial score (nSPS) is 19.3. The molecule has 5 nitrogen and oxygen atoms in total. The number of nitrogens with two attached hydrogens (primary N) is 1. The standard InChI is InChI=1S/C14H15Cl2IN4O/c15-8-6-9(13(18)22)20-14-10(8)11(16)12(17)21(14)7-2-1-4-19-5-3-7/h6-7,19H,1-5H2,(H2,18,22). The highest BCUT2D eigenvalue weighted by Crippen LogP contribution is 2.39. The zero-order valence-electron chi connectivity index (χ0n) is 11.7. The Kier molecular flexibility index (Phi) is 4.82. The van der Waals surface area contributed by atoms with Gasteiger partial charge in [0.15, 0.2) is 0 Å². The number of nitrogens with one attached hydrogen (secondary N) is 1. The van der Waals surface area contributed by atoms with Gasteiger partial charge in [0, 0.05) is 6.04 Å². The Morgan fingerprint density at radius 2 is 2.18 bits per heavy atom. The van der Waals surface area contributed by atoms with E-state index in [4.69, 9.17) is 28.9 Å². The van der Waals surface area contributed by atoms with Crippen molar-refractivity contribution in [1.29, 1.82) is 0 Å². The van der Waals surface area contributed by atoms with Gasteiger partial charge in [0.05, 0.1) is 15.4 Å². The smallest absolute Gasteiger partial charge is 0.267 e. The van der Waals surface area contributed by atoms with Gasteiger partial charge in [0.1, 0.15) is 15.0 Å². The molecule has 0 aromatic carbocycles. The van der Waals surface area contributed by atoms with Crippen LogP contribution in [0.4, 0.5) is 0 Å². The van der Waals surface area contributed by atoms with Gasteiger partial charge in [-0.15, -0.1) is 0 Å². The molecule has 0 spiro atoms. The lowest BCUT2D eigenvalue weighted by Crippen LogP contribution is -2.17. The third kappa shape index (κ3) is 2.81. The minimum absolute atomic E-state index is 0.163. The van der Waals surface area contributed by atoms with Crippen molar-refractivity contribution in [3.63, 3.8) is 0 Å². The first-order valence-electron chi connectivity index (χ1n) is 7.06. The summed E-state index contributed by atoms with van der Waals surface area (Å²) < 4.78 is 3.00. The summed E-state index contributed by atoms with van der Waals surface area (Å²) >= 11 is 15.0. The Balaban J connectivity index is 2.23. The van der Waals surface area contributed by atoms with E-state index in [9.17, 15) is 4.79 Å². The molecule has 1 atom stereocenters. The Morgan fingerprint density at radius 3 is 2.91 bits per heavy atom. The van der Waals surface area contributed by atoms with Gasteiger partial charge in [0.25, 0.3) is 5.91 Å². The van der Waals surface area contributed by atoms with Gasteiger partial charge >= 0.3 is 0 Å². The van der Waals surface area contributed by atoms with Gasteiger partial charge in [-0.2, -0.15) is 0 Å². The number of fused-ring (bicyclic) bond motifs is 1. The maximum Gasteiger partial charge on any atom is 0.267 e. The number of nitrogens with zero attached hydrogens (tertiary/aromatic N) is 2. The van der Waals surface area contributed by atoms with Crippen LogP contribution in [-0.2, 0) is 0 Å². The number of pyridine rings is 1. The van der Waals surface area contributed by atoms with Crippen molar-refractivity contribution in [2.45, 2.75) is 25.3 Å². The average Bonchev–Trinajstić information content (AvgIpc) is 2.67. The van der Waals surface area contributed by atoms with Crippen LogP contribution in [-0.4, -0.2) is 28.5 Å². The second-order valence-corrected chi connectivity index (χ2v) is 7.17. The molecule has 1 aliphatic heterocycles. The Labute approximate surface area is 151 Å². The van der Waals surface area contributed by atoms with Crippen molar-refractivity contribution >= 4 is 62.7 Å². The fourth-order valence-electron chi connectivity index (χ4n) is 2.90. The number of hydrogen-bond donors (Lipinski definition) is 2. The van der Waals surface area contributed by atoms with E-state index in [2.05, 4.69) is 37.5 Å². The van der Waals surface area contributed by atoms with Crippen molar-refractivity contribution in [1.82, 2.24) is 14.9 Å². The topological polar surface area (TPSA) is 72.9 Å². The first-order valence-corrected chi connectivity index (χ1v) is 8.90. The zero-order chi connectivity index (χ0) is 15.9. The summed E-state index contributed by atoms with van der Waals surface area (Å²) in [7, 11) is 0. The summed E-state index contributed by atoms with van der Waals surface area (Å²) in [6, 6.07) is 1.76. The molecular formula is C14H15Cl2IN4O. The van der Waals surface area contributed by atoms with Crippen LogP contribution in [0.25, 0.3) is 11.0 Å². The van der Waals surface area contributed by atoms with Gasteiger partial charge < -0.3 is 15.6 Å². The van der Waals surface area contributed by atoms with Crippen LogP contribution < -0.4 is 11.1 Å². The number of primary amides is 1. The Hall–Kier alpha value is -0.570. The lowest BCUT2D eigenvalue weighted by Gasteiger charge is -2.18. The van der Waals surface area contributed by atoms with E-state index in [-0.39, 0.29) is 11.7 Å². The van der Waals surface area contributed by atoms with E-state index in [1.54, 1.807) is 0 Å². The van der Waals surface area contributed by atoms with E-state index in [0.717, 1.165) is 36.1 Å². The van der Waals surface area contributed by atoms with Crippen LogP contribution in [0.3, 0.4) is 0 Å². The molecule has 8 heteroatoms. The second kappa shape index (κ2) is 6.51. The predicted molar refractivity (Wildman–Crippen MR) is 96.7 cm³/mol. The summed E-state index contributed by atoms with van der Waals surface area (Å²) in [4.78, 5) is 15.9. The van der Waals surface area contributed by atoms with Crippen LogP contribution >= 0.6 is 45.8 Å². The predicted octanol–water partition coefficient (Wildman–Crippen LogP) is 3.36. The molecule has 0 bridgehead atoms. The molecule has 22 heavy (non-hydrogen) atoms. The third-order valence-corrected chi connectivity index (χ3v) is 6.00. The molecule has 3 N–H and O–H groups in total. The molecule has 3 heterocycles. The largest absolute Gasteiger partial charge is 0.364 e. The molecule has 2 aromatic rings.